The maximum atomic E-state index is 12.7. The van der Waals surface area contributed by atoms with Crippen LogP contribution in [0.1, 0.15) is 42.0 Å². The molecule has 1 atom stereocenters. The van der Waals surface area contributed by atoms with Crippen molar-refractivity contribution in [3.05, 3.63) is 63.3 Å². The molecule has 1 aromatic heterocycles. The van der Waals surface area contributed by atoms with Gasteiger partial charge in [-0.1, -0.05) is 37.3 Å². The summed E-state index contributed by atoms with van der Waals surface area (Å²) in [4.78, 5) is 33.8. The van der Waals surface area contributed by atoms with E-state index in [0.29, 0.717) is 37.3 Å². The molecule has 1 aliphatic rings. The Bertz CT molecular complexity index is 801. The van der Waals surface area contributed by atoms with Gasteiger partial charge < -0.3 is 15.2 Å². The predicted molar refractivity (Wildman–Crippen MR) is 96.6 cm³/mol. The van der Waals surface area contributed by atoms with Crippen molar-refractivity contribution in [2.45, 2.75) is 39.2 Å². The van der Waals surface area contributed by atoms with Crippen LogP contribution in [0.25, 0.3) is 0 Å². The molecule has 0 unspecified atom stereocenters. The average Bonchev–Trinajstić information content (AvgIpc) is 2.83. The predicted octanol–water partition coefficient (Wildman–Crippen LogP) is 2.34. The number of hydrogen-bond donors (Lipinski definition) is 2. The Morgan fingerprint density at radius 3 is 2.72 bits per heavy atom. The molecule has 132 valence electrons. The molecule has 0 saturated carbocycles. The highest BCUT2D eigenvalue weighted by atomic mass is 16.2. The van der Waals surface area contributed by atoms with Crippen LogP contribution in [0.15, 0.2) is 35.1 Å². The first-order chi connectivity index (χ1) is 12.1. The van der Waals surface area contributed by atoms with Gasteiger partial charge >= 0.3 is 6.03 Å². The first-order valence-corrected chi connectivity index (χ1v) is 8.77. The van der Waals surface area contributed by atoms with E-state index >= 15 is 0 Å². The Balaban J connectivity index is 1.70. The summed E-state index contributed by atoms with van der Waals surface area (Å²) >= 11 is 0. The number of urea groups is 1. The van der Waals surface area contributed by atoms with E-state index in [1.165, 1.54) is 0 Å². The van der Waals surface area contributed by atoms with Crippen LogP contribution in [-0.2, 0) is 12.8 Å². The molecule has 1 aliphatic heterocycles. The van der Waals surface area contributed by atoms with Gasteiger partial charge in [0.05, 0.1) is 11.7 Å². The summed E-state index contributed by atoms with van der Waals surface area (Å²) in [5, 5.41) is 3.11. The first-order valence-electron chi connectivity index (χ1n) is 8.77. The summed E-state index contributed by atoms with van der Waals surface area (Å²) in [5.41, 5.74) is 2.54. The number of benzene rings is 1. The smallest absolute Gasteiger partial charge is 0.317 e. The molecule has 25 heavy (non-hydrogen) atoms. The molecule has 2 N–H and O–H groups in total. The fourth-order valence-corrected chi connectivity index (χ4v) is 3.28. The number of aromatic amines is 1. The Kier molecular flexibility index (Phi) is 5.16. The van der Waals surface area contributed by atoms with Gasteiger partial charge in [-0.3, -0.25) is 4.79 Å². The summed E-state index contributed by atoms with van der Waals surface area (Å²) < 4.78 is 0. The van der Waals surface area contributed by atoms with Crippen molar-refractivity contribution >= 4 is 6.03 Å². The van der Waals surface area contributed by atoms with E-state index in [2.05, 4.69) is 22.2 Å². The van der Waals surface area contributed by atoms with Crippen LogP contribution < -0.4 is 10.9 Å². The molecule has 1 aromatic carbocycles. The van der Waals surface area contributed by atoms with Gasteiger partial charge in [-0.2, -0.15) is 0 Å². The standard InChI is InChI=1S/C19H24N4O2/c1-3-16(14-7-5-4-6-8-14)22-19(25)23-11-9-15-17(10-12-23)20-13(2)21-18(15)24/h4-8,16H,3,9-12H2,1-2H3,(H,22,25)(H,20,21,24)/t16-/m1/s1. The van der Waals surface area contributed by atoms with Gasteiger partial charge in [-0.15, -0.1) is 0 Å². The van der Waals surface area contributed by atoms with Gasteiger partial charge in [0.2, 0.25) is 0 Å². The van der Waals surface area contributed by atoms with E-state index in [4.69, 9.17) is 0 Å². The maximum Gasteiger partial charge on any atom is 0.317 e. The highest BCUT2D eigenvalue weighted by molar-refractivity contribution is 5.75. The highest BCUT2D eigenvalue weighted by Gasteiger charge is 2.23. The zero-order valence-electron chi connectivity index (χ0n) is 14.7. The van der Waals surface area contributed by atoms with Crippen molar-refractivity contribution in [1.82, 2.24) is 20.2 Å². The minimum Gasteiger partial charge on any atom is -0.331 e. The van der Waals surface area contributed by atoms with Crippen molar-refractivity contribution in [1.29, 1.82) is 0 Å². The summed E-state index contributed by atoms with van der Waals surface area (Å²) in [6, 6.07) is 9.88. The number of H-pyrrole nitrogens is 1. The van der Waals surface area contributed by atoms with Gasteiger partial charge in [-0.05, 0) is 25.3 Å². The SMILES string of the molecule is CC[C@@H](NC(=O)N1CCc2nc(C)[nH]c(=O)c2CC1)c1ccccc1. The van der Waals surface area contributed by atoms with E-state index in [1.54, 1.807) is 11.8 Å². The number of rotatable bonds is 3. The minimum absolute atomic E-state index is 0.0110. The van der Waals surface area contributed by atoms with Crippen molar-refractivity contribution in [3.8, 4) is 0 Å². The van der Waals surface area contributed by atoms with Crippen molar-refractivity contribution < 1.29 is 4.79 Å². The summed E-state index contributed by atoms with van der Waals surface area (Å²) in [7, 11) is 0. The number of carbonyl (C=O) groups excluding carboxylic acids is 1. The van der Waals surface area contributed by atoms with Crippen LogP contribution in [0.4, 0.5) is 4.79 Å². The fourth-order valence-electron chi connectivity index (χ4n) is 3.28. The highest BCUT2D eigenvalue weighted by Crippen LogP contribution is 2.17. The Morgan fingerprint density at radius 2 is 2.00 bits per heavy atom. The molecule has 0 saturated heterocycles. The molecule has 2 aromatic rings. The van der Waals surface area contributed by atoms with Crippen molar-refractivity contribution in [2.24, 2.45) is 0 Å². The largest absolute Gasteiger partial charge is 0.331 e. The van der Waals surface area contributed by atoms with Crippen molar-refractivity contribution in [2.75, 3.05) is 13.1 Å². The normalized spacial score (nSPS) is 15.2. The van der Waals surface area contributed by atoms with Gasteiger partial charge in [0.15, 0.2) is 0 Å². The molecule has 3 rings (SSSR count). The Hall–Kier alpha value is -2.63. The van der Waals surface area contributed by atoms with Crippen LogP contribution in [0.2, 0.25) is 0 Å². The number of hydrogen-bond acceptors (Lipinski definition) is 3. The van der Waals surface area contributed by atoms with Crippen LogP contribution in [-0.4, -0.2) is 34.0 Å². The number of carbonyl (C=O) groups is 1. The third-order valence-electron chi connectivity index (χ3n) is 4.66. The lowest BCUT2D eigenvalue weighted by atomic mass is 10.1. The van der Waals surface area contributed by atoms with Crippen LogP contribution in [0.3, 0.4) is 0 Å². The molecule has 0 radical (unpaired) electrons. The molecule has 0 spiro atoms. The molecule has 2 amide bonds. The lowest BCUT2D eigenvalue weighted by Gasteiger charge is -2.25. The fraction of sp³-hybridized carbons (Fsp3) is 0.421. The monoisotopic (exact) mass is 340 g/mol. The van der Waals surface area contributed by atoms with Gasteiger partial charge in [0.1, 0.15) is 5.82 Å². The van der Waals surface area contributed by atoms with E-state index in [9.17, 15) is 9.59 Å². The van der Waals surface area contributed by atoms with Crippen molar-refractivity contribution in [3.63, 3.8) is 0 Å². The zero-order valence-corrected chi connectivity index (χ0v) is 14.7. The summed E-state index contributed by atoms with van der Waals surface area (Å²) in [5.74, 6) is 0.622. The minimum atomic E-state index is -0.0864. The Morgan fingerprint density at radius 1 is 1.28 bits per heavy atom. The second-order valence-electron chi connectivity index (χ2n) is 6.38. The number of aryl methyl sites for hydroxylation is 1. The summed E-state index contributed by atoms with van der Waals surface area (Å²) in [6.45, 7) is 4.93. The Labute approximate surface area is 147 Å². The lowest BCUT2D eigenvalue weighted by Crippen LogP contribution is -2.42. The van der Waals surface area contributed by atoms with E-state index in [-0.39, 0.29) is 17.6 Å². The number of fused-ring (bicyclic) bond motifs is 1. The van der Waals surface area contributed by atoms with Gasteiger partial charge in [0.25, 0.3) is 5.56 Å². The van der Waals surface area contributed by atoms with Gasteiger partial charge in [-0.25, -0.2) is 9.78 Å². The maximum absolute atomic E-state index is 12.7. The van der Waals surface area contributed by atoms with E-state index in [1.807, 2.05) is 30.3 Å². The molecular weight excluding hydrogens is 316 g/mol. The van der Waals surface area contributed by atoms with Crippen LogP contribution >= 0.6 is 0 Å². The molecular formula is C19H24N4O2. The quantitative estimate of drug-likeness (QED) is 0.900. The summed E-state index contributed by atoms with van der Waals surface area (Å²) in [6.07, 6.45) is 1.97. The molecule has 0 aliphatic carbocycles. The average molecular weight is 340 g/mol. The first kappa shape index (κ1) is 17.2. The van der Waals surface area contributed by atoms with E-state index in [0.717, 1.165) is 17.7 Å². The lowest BCUT2D eigenvalue weighted by molar-refractivity contribution is 0.195. The number of nitrogens with zero attached hydrogens (tertiary/aromatic N) is 2. The second kappa shape index (κ2) is 7.51. The molecule has 6 nitrogen and oxygen atoms in total. The molecule has 0 fully saturated rings. The zero-order chi connectivity index (χ0) is 17.8. The topological polar surface area (TPSA) is 78.1 Å². The number of aromatic nitrogens is 2. The molecule has 6 heteroatoms. The second-order valence-corrected chi connectivity index (χ2v) is 6.38. The molecule has 2 heterocycles. The van der Waals surface area contributed by atoms with Crippen LogP contribution in [0, 0.1) is 6.92 Å². The van der Waals surface area contributed by atoms with Gasteiger partial charge in [0, 0.05) is 25.1 Å². The molecule has 0 bridgehead atoms. The van der Waals surface area contributed by atoms with E-state index < -0.39 is 0 Å². The third-order valence-corrected chi connectivity index (χ3v) is 4.66. The number of nitrogens with one attached hydrogen (secondary N) is 2. The third kappa shape index (κ3) is 3.90. The number of amides is 2. The van der Waals surface area contributed by atoms with Crippen LogP contribution in [0.5, 0.6) is 0 Å².